The van der Waals surface area contributed by atoms with Crippen molar-refractivity contribution in [3.8, 4) is 0 Å². The fourth-order valence-corrected chi connectivity index (χ4v) is 5.34. The first-order chi connectivity index (χ1) is 18.6. The summed E-state index contributed by atoms with van der Waals surface area (Å²) in [6, 6.07) is 0. The third-order valence-corrected chi connectivity index (χ3v) is 8.02. The molecule has 0 bridgehead atoms. The molecule has 0 spiro atoms. The van der Waals surface area contributed by atoms with Gasteiger partial charge in [0.1, 0.15) is 10.0 Å². The van der Waals surface area contributed by atoms with E-state index >= 15 is 0 Å². The molecule has 0 fully saturated rings. The summed E-state index contributed by atoms with van der Waals surface area (Å²) in [5, 5.41) is 26.5. The molecular weight excluding hydrogens is 652 g/mol. The van der Waals surface area contributed by atoms with E-state index in [1.165, 1.54) is 41.5 Å². The summed E-state index contributed by atoms with van der Waals surface area (Å²) in [5.74, 6) is 3.67. The first kappa shape index (κ1) is 52.6. The van der Waals surface area contributed by atoms with Crippen LogP contribution in [0.25, 0.3) is 0 Å². The number of carbonyl (C=O) groups is 2. The number of anilines is 2. The van der Waals surface area contributed by atoms with Gasteiger partial charge in [0.2, 0.25) is 10.3 Å². The Balaban J connectivity index is -0.000000108. The van der Waals surface area contributed by atoms with Crippen LogP contribution >= 0.6 is 58.0 Å². The number of carboxylic acids is 1. The fraction of sp³-hybridized carbons (Fsp3) is 0.600. The zero-order chi connectivity index (χ0) is 30.3. The molecule has 2 rings (SSSR count). The number of carboxylic acid groups (broad SMARTS) is 1. The van der Waals surface area contributed by atoms with Gasteiger partial charge >= 0.3 is 43.1 Å². The summed E-state index contributed by atoms with van der Waals surface area (Å²) in [6.07, 6.45) is 3.55. The van der Waals surface area contributed by atoms with Gasteiger partial charge in [-0.2, -0.15) is 54.5 Å². The van der Waals surface area contributed by atoms with E-state index in [2.05, 4.69) is 32.1 Å². The molecule has 0 amide bonds. The van der Waals surface area contributed by atoms with Crippen molar-refractivity contribution in [3.63, 3.8) is 0 Å². The van der Waals surface area contributed by atoms with E-state index in [1.54, 1.807) is 23.5 Å². The van der Waals surface area contributed by atoms with Gasteiger partial charge in [0.05, 0.1) is 18.6 Å². The molecule has 0 aromatic carbocycles. The Bertz CT molecular complexity index is 908. The van der Waals surface area contributed by atoms with Crippen molar-refractivity contribution in [2.24, 2.45) is 0 Å². The van der Waals surface area contributed by atoms with Crippen LogP contribution in [0.15, 0.2) is 0 Å². The fourth-order valence-electron chi connectivity index (χ4n) is 1.67. The van der Waals surface area contributed by atoms with Crippen molar-refractivity contribution in [1.29, 1.82) is 0 Å². The van der Waals surface area contributed by atoms with E-state index < -0.39 is 5.97 Å². The van der Waals surface area contributed by atoms with Gasteiger partial charge in [-0.25, -0.2) is 0 Å². The minimum atomic E-state index is -0.719. The van der Waals surface area contributed by atoms with Crippen LogP contribution in [0.5, 0.6) is 0 Å². The molecule has 0 aliphatic rings. The number of thioether (sulfide) groups is 3. The van der Waals surface area contributed by atoms with Gasteiger partial charge < -0.3 is 32.3 Å². The van der Waals surface area contributed by atoms with Gasteiger partial charge in [-0.05, 0) is 24.3 Å². The monoisotopic (exact) mass is 686 g/mol. The van der Waals surface area contributed by atoms with Gasteiger partial charge in [-0.1, -0.05) is 36.5 Å². The number of aryl methyl sites for hydroxylation is 1. The normalized spacial score (nSPS) is 8.17. The largest absolute Gasteiger partial charge is 1.00 e. The summed E-state index contributed by atoms with van der Waals surface area (Å²) in [6.45, 7) is 4.12. The topological polar surface area (TPSA) is 297 Å². The van der Waals surface area contributed by atoms with E-state index in [4.69, 9.17) is 35.8 Å². The molecule has 16 nitrogen and oxygen atoms in total. The average molecular weight is 687 g/mol. The van der Waals surface area contributed by atoms with Crippen LogP contribution < -0.4 is 30.3 Å². The third kappa shape index (κ3) is 42.5. The number of hydrogen-bond acceptors (Lipinski definition) is 19. The number of nitrogens with two attached hydrogens (primary N) is 2. The van der Waals surface area contributed by atoms with Gasteiger partial charge in [0.25, 0.3) is 0 Å². The molecule has 0 aliphatic heterocycles. The van der Waals surface area contributed by atoms with Crippen LogP contribution in [0.3, 0.4) is 0 Å². The summed E-state index contributed by atoms with van der Waals surface area (Å²) in [4.78, 5) is 52.8. The smallest absolute Gasteiger partial charge is 0.870 e. The second-order valence-electron chi connectivity index (χ2n) is 6.11. The molecule has 0 atom stereocenters. The van der Waals surface area contributed by atoms with Gasteiger partial charge in [0.15, 0.2) is 0 Å². The Kier molecular flexibility index (Phi) is 51.5. The van der Waals surface area contributed by atoms with E-state index in [1.807, 2.05) is 6.92 Å². The number of hydrogen-bond donors (Lipinski definition) is 3. The number of ether oxygens (including phenoxy) is 1. The van der Waals surface area contributed by atoms with E-state index in [9.17, 15) is 9.59 Å². The summed E-state index contributed by atoms with van der Waals surface area (Å²) >= 11 is 7.71. The van der Waals surface area contributed by atoms with Gasteiger partial charge in [-0.3, -0.25) is 9.59 Å². The number of nitrogen functional groups attached to an aromatic ring is 2. The Morgan fingerprint density at radius 2 is 1.26 bits per heavy atom. The van der Waals surface area contributed by atoms with Crippen molar-refractivity contribution in [2.45, 2.75) is 38.9 Å². The Labute approximate surface area is 276 Å². The van der Waals surface area contributed by atoms with E-state index in [0.29, 0.717) is 16.0 Å². The number of aliphatic carboxylic acids is 1. The quantitative estimate of drug-likeness (QED) is 0.121. The molecular formula is C20H35LiN6O10S5. The van der Waals surface area contributed by atoms with Crippen molar-refractivity contribution in [1.82, 2.24) is 20.4 Å². The Hall–Kier alpha value is -2.01. The SMILES string of the molecule is CCCSCC(=O)O.CCCSCC(=O)OC.Nc1nnc(CCSCc2nnc(N)s2)s1.O.O=C=O.O=C=O.[Li+].[OH-]. The maximum absolute atomic E-state index is 10.4. The van der Waals surface area contributed by atoms with Crippen LogP contribution in [0.4, 0.5) is 10.3 Å². The van der Waals surface area contributed by atoms with Crippen molar-refractivity contribution in [3.05, 3.63) is 10.0 Å². The van der Waals surface area contributed by atoms with Crippen LogP contribution in [0.1, 0.15) is 36.7 Å². The summed E-state index contributed by atoms with van der Waals surface area (Å²) in [7, 11) is 1.41. The molecule has 22 heteroatoms. The number of methoxy groups -OCH3 is 1. The first-order valence-corrected chi connectivity index (χ1v) is 15.9. The minimum absolute atomic E-state index is 0. The number of esters is 1. The number of carbonyl (C=O) groups excluding carboxylic acids is 5. The second-order valence-corrected chi connectivity index (χ2v) is 11.6. The van der Waals surface area contributed by atoms with E-state index in [-0.39, 0.29) is 53.8 Å². The maximum Gasteiger partial charge on any atom is 1.00 e. The summed E-state index contributed by atoms with van der Waals surface area (Å²) in [5.41, 5.74) is 11.0. The van der Waals surface area contributed by atoms with Crippen LogP contribution in [-0.2, 0) is 45.7 Å². The zero-order valence-corrected chi connectivity index (χ0v) is 27.7. The Morgan fingerprint density at radius 3 is 1.62 bits per heavy atom. The van der Waals surface area contributed by atoms with Crippen LogP contribution in [0, 0.1) is 0 Å². The van der Waals surface area contributed by atoms with Crippen molar-refractivity contribution >= 4 is 92.5 Å². The average Bonchev–Trinajstić information content (AvgIpc) is 3.51. The molecule has 0 aliphatic carbocycles. The molecule has 42 heavy (non-hydrogen) atoms. The van der Waals surface area contributed by atoms with Crippen LogP contribution in [-0.4, -0.2) is 96.6 Å². The molecule has 8 N–H and O–H groups in total. The van der Waals surface area contributed by atoms with E-state index in [0.717, 1.165) is 52.3 Å². The van der Waals surface area contributed by atoms with Gasteiger partial charge in [-0.15, -0.1) is 20.4 Å². The first-order valence-electron chi connectivity index (χ1n) is 10.8. The number of nitrogens with zero attached hydrogens (tertiary/aromatic N) is 4. The molecule has 0 saturated carbocycles. The van der Waals surface area contributed by atoms with Crippen molar-refractivity contribution < 1.29 is 68.4 Å². The third-order valence-electron chi connectivity index (χ3n) is 3.02. The predicted octanol–water partition coefficient (Wildman–Crippen LogP) is -1.62. The number of rotatable bonds is 13. The molecule has 0 radical (unpaired) electrons. The zero-order valence-electron chi connectivity index (χ0n) is 23.6. The molecule has 0 saturated heterocycles. The molecule has 2 aromatic heterocycles. The minimum Gasteiger partial charge on any atom is -0.870 e. The predicted molar refractivity (Wildman–Crippen MR) is 159 cm³/mol. The van der Waals surface area contributed by atoms with Gasteiger partial charge in [0, 0.05) is 17.9 Å². The maximum atomic E-state index is 10.4. The Morgan fingerprint density at radius 1 is 0.833 bits per heavy atom. The second kappa shape index (κ2) is 41.1. The molecule has 2 aromatic rings. The molecule has 0 unspecified atom stereocenters. The number of aromatic nitrogens is 4. The standard InChI is InChI=1S/C7H10N6S3.C6H12O2S.C5H10O2S.2CO2.Li.2H2O/c8-6-12-10-4(15-6)1-2-14-3-5-11-13-7(9)16-5;1-3-4-9-5-6(7)8-2;1-2-3-8-4-5(6)7;2*2-1-3;;;/h1-3H2,(H2,8,12)(H2,9,13);3-5H2,1-2H3;2-4H2,1H3,(H,6,7);;;;2*1H2/q;;;;;+1;;/p-1. The van der Waals surface area contributed by atoms with Crippen LogP contribution in [0.2, 0.25) is 0 Å². The molecule has 2 heterocycles. The summed E-state index contributed by atoms with van der Waals surface area (Å²) < 4.78 is 4.44. The molecule has 236 valence electrons. The van der Waals surface area contributed by atoms with Crippen molar-refractivity contribution in [2.75, 3.05) is 47.3 Å².